The second-order valence-electron chi connectivity index (χ2n) is 4.90. The van der Waals surface area contributed by atoms with Crippen molar-refractivity contribution in [3.63, 3.8) is 0 Å². The molecule has 0 spiro atoms. The summed E-state index contributed by atoms with van der Waals surface area (Å²) in [7, 11) is 1.97. The Hall–Kier alpha value is -2.36. The molecule has 0 amide bonds. The molecule has 0 aliphatic heterocycles. The molecule has 1 unspecified atom stereocenters. The van der Waals surface area contributed by atoms with Gasteiger partial charge in [0.2, 0.25) is 5.95 Å². The smallest absolute Gasteiger partial charge is 0.204 e. The van der Waals surface area contributed by atoms with E-state index in [0.29, 0.717) is 0 Å². The fourth-order valence-electron chi connectivity index (χ4n) is 2.33. The Morgan fingerprint density at radius 1 is 1.15 bits per heavy atom. The van der Waals surface area contributed by atoms with Crippen LogP contribution in [0.5, 0.6) is 0 Å². The fraction of sp³-hybridized carbons (Fsp3) is 0.188. The molecular weight excluding hydrogens is 253 g/mol. The molecule has 0 fully saturated rings. The summed E-state index contributed by atoms with van der Waals surface area (Å²) in [6.07, 6.45) is 0. The largest absolute Gasteiger partial charge is 0.349 e. The Morgan fingerprint density at radius 3 is 2.70 bits per heavy atom. The van der Waals surface area contributed by atoms with Gasteiger partial charge >= 0.3 is 0 Å². The molecule has 4 heteroatoms. The zero-order chi connectivity index (χ0) is 14.1. The third kappa shape index (κ3) is 2.25. The van der Waals surface area contributed by atoms with Crippen LogP contribution in [0, 0.1) is 5.82 Å². The second kappa shape index (κ2) is 4.96. The lowest BCUT2D eigenvalue weighted by Gasteiger charge is -2.15. The highest BCUT2D eigenvalue weighted by atomic mass is 19.1. The Morgan fingerprint density at radius 2 is 1.95 bits per heavy atom. The van der Waals surface area contributed by atoms with E-state index >= 15 is 0 Å². The predicted octanol–water partition coefficient (Wildman–Crippen LogP) is 3.89. The van der Waals surface area contributed by atoms with Crippen LogP contribution in [-0.4, -0.2) is 9.55 Å². The second-order valence-corrected chi connectivity index (χ2v) is 4.90. The molecule has 20 heavy (non-hydrogen) atoms. The van der Waals surface area contributed by atoms with Gasteiger partial charge in [-0.15, -0.1) is 0 Å². The first kappa shape index (κ1) is 12.7. The summed E-state index contributed by atoms with van der Waals surface area (Å²) in [4.78, 5) is 4.56. The Kier molecular flexibility index (Phi) is 3.14. The van der Waals surface area contributed by atoms with E-state index in [1.807, 2.05) is 48.9 Å². The molecule has 1 atom stereocenters. The summed E-state index contributed by atoms with van der Waals surface area (Å²) in [5.74, 6) is 0.559. The van der Waals surface area contributed by atoms with E-state index in [9.17, 15) is 4.39 Å². The molecule has 1 heterocycles. The van der Waals surface area contributed by atoms with Gasteiger partial charge in [-0.2, -0.15) is 0 Å². The zero-order valence-corrected chi connectivity index (χ0v) is 11.5. The van der Waals surface area contributed by atoms with Crippen LogP contribution in [0.15, 0.2) is 48.5 Å². The number of anilines is 1. The SMILES string of the molecule is CC(Nc1nc2ccccc2n1C)c1cccc(F)c1. The predicted molar refractivity (Wildman–Crippen MR) is 79.2 cm³/mol. The highest BCUT2D eigenvalue weighted by Gasteiger charge is 2.11. The number of aryl methyl sites for hydroxylation is 1. The molecule has 3 aromatic rings. The minimum atomic E-state index is -0.221. The molecule has 3 rings (SSSR count). The molecule has 0 aliphatic carbocycles. The fourth-order valence-corrected chi connectivity index (χ4v) is 2.33. The molecule has 1 N–H and O–H groups in total. The van der Waals surface area contributed by atoms with E-state index in [4.69, 9.17) is 0 Å². The zero-order valence-electron chi connectivity index (χ0n) is 11.5. The lowest BCUT2D eigenvalue weighted by atomic mass is 10.1. The summed E-state index contributed by atoms with van der Waals surface area (Å²) in [6, 6.07) is 14.6. The average molecular weight is 269 g/mol. The van der Waals surface area contributed by atoms with Crippen LogP contribution < -0.4 is 5.32 Å². The lowest BCUT2D eigenvalue weighted by molar-refractivity contribution is 0.623. The van der Waals surface area contributed by atoms with Gasteiger partial charge in [-0.25, -0.2) is 9.37 Å². The van der Waals surface area contributed by atoms with Crippen LogP contribution in [0.25, 0.3) is 11.0 Å². The van der Waals surface area contributed by atoms with Gasteiger partial charge in [-0.1, -0.05) is 24.3 Å². The number of rotatable bonds is 3. The quantitative estimate of drug-likeness (QED) is 0.782. The first-order valence-electron chi connectivity index (χ1n) is 6.58. The van der Waals surface area contributed by atoms with Gasteiger partial charge in [-0.05, 0) is 36.8 Å². The van der Waals surface area contributed by atoms with Gasteiger partial charge < -0.3 is 9.88 Å². The van der Waals surface area contributed by atoms with Crippen LogP contribution in [0.4, 0.5) is 10.3 Å². The summed E-state index contributed by atoms with van der Waals surface area (Å²) < 4.78 is 15.3. The number of aromatic nitrogens is 2. The Balaban J connectivity index is 1.91. The molecule has 0 bridgehead atoms. The molecule has 3 nitrogen and oxygen atoms in total. The topological polar surface area (TPSA) is 29.9 Å². The van der Waals surface area contributed by atoms with E-state index < -0.39 is 0 Å². The minimum absolute atomic E-state index is 0.0128. The summed E-state index contributed by atoms with van der Waals surface area (Å²) in [5.41, 5.74) is 2.92. The van der Waals surface area contributed by atoms with Crippen LogP contribution in [-0.2, 0) is 7.05 Å². The molecular formula is C16H16FN3. The molecule has 0 saturated heterocycles. The van der Waals surface area contributed by atoms with Crippen molar-refractivity contribution >= 4 is 17.0 Å². The molecule has 0 radical (unpaired) electrons. The standard InChI is InChI=1S/C16H16FN3/c1-11(12-6-5-7-13(17)10-12)18-16-19-14-8-3-4-9-15(14)20(16)2/h3-11H,1-2H3,(H,18,19). The summed E-state index contributed by atoms with van der Waals surface area (Å²) in [5, 5.41) is 3.33. The van der Waals surface area contributed by atoms with Crippen LogP contribution in [0.3, 0.4) is 0 Å². The van der Waals surface area contributed by atoms with Crippen molar-refractivity contribution in [3.05, 3.63) is 59.9 Å². The third-order valence-electron chi connectivity index (χ3n) is 3.48. The van der Waals surface area contributed by atoms with Crippen molar-refractivity contribution in [2.75, 3.05) is 5.32 Å². The number of halogens is 1. The number of nitrogens with one attached hydrogen (secondary N) is 1. The molecule has 102 valence electrons. The molecule has 2 aromatic carbocycles. The van der Waals surface area contributed by atoms with Gasteiger partial charge in [0.25, 0.3) is 0 Å². The van der Waals surface area contributed by atoms with Gasteiger partial charge in [0.15, 0.2) is 0 Å². The summed E-state index contributed by atoms with van der Waals surface area (Å²) >= 11 is 0. The third-order valence-corrected chi connectivity index (χ3v) is 3.48. The normalized spacial score (nSPS) is 12.6. The Labute approximate surface area is 117 Å². The molecule has 1 aromatic heterocycles. The average Bonchev–Trinajstić information content (AvgIpc) is 2.76. The number of hydrogen-bond donors (Lipinski definition) is 1. The highest BCUT2D eigenvalue weighted by molar-refractivity contribution is 5.78. The van der Waals surface area contributed by atoms with Crippen LogP contribution in [0.2, 0.25) is 0 Å². The van der Waals surface area contributed by atoms with Crippen LogP contribution in [0.1, 0.15) is 18.5 Å². The van der Waals surface area contributed by atoms with Crippen molar-refractivity contribution in [3.8, 4) is 0 Å². The van der Waals surface area contributed by atoms with E-state index in [-0.39, 0.29) is 11.9 Å². The number of nitrogens with zero attached hydrogens (tertiary/aromatic N) is 2. The van der Waals surface area contributed by atoms with Crippen molar-refractivity contribution in [2.45, 2.75) is 13.0 Å². The van der Waals surface area contributed by atoms with E-state index in [2.05, 4.69) is 10.3 Å². The maximum absolute atomic E-state index is 13.3. The van der Waals surface area contributed by atoms with Crippen molar-refractivity contribution in [2.24, 2.45) is 7.05 Å². The van der Waals surface area contributed by atoms with Crippen molar-refractivity contribution in [1.82, 2.24) is 9.55 Å². The van der Waals surface area contributed by atoms with E-state index in [0.717, 1.165) is 22.5 Å². The first-order valence-corrected chi connectivity index (χ1v) is 6.58. The van der Waals surface area contributed by atoms with Crippen molar-refractivity contribution < 1.29 is 4.39 Å². The van der Waals surface area contributed by atoms with Gasteiger partial charge in [-0.3, -0.25) is 0 Å². The maximum Gasteiger partial charge on any atom is 0.204 e. The van der Waals surface area contributed by atoms with Crippen LogP contribution >= 0.6 is 0 Å². The monoisotopic (exact) mass is 269 g/mol. The molecule has 0 aliphatic rings. The number of imidazole rings is 1. The van der Waals surface area contributed by atoms with E-state index in [1.165, 1.54) is 6.07 Å². The molecule has 0 saturated carbocycles. The minimum Gasteiger partial charge on any atom is -0.349 e. The number of para-hydroxylation sites is 2. The lowest BCUT2D eigenvalue weighted by Crippen LogP contribution is -2.10. The first-order chi connectivity index (χ1) is 9.65. The summed E-state index contributed by atoms with van der Waals surface area (Å²) in [6.45, 7) is 1.99. The Bertz CT molecular complexity index is 748. The highest BCUT2D eigenvalue weighted by Crippen LogP contribution is 2.22. The number of fused-ring (bicyclic) bond motifs is 1. The number of hydrogen-bond acceptors (Lipinski definition) is 2. The number of benzene rings is 2. The maximum atomic E-state index is 13.3. The van der Waals surface area contributed by atoms with E-state index in [1.54, 1.807) is 12.1 Å². The van der Waals surface area contributed by atoms with Gasteiger partial charge in [0.1, 0.15) is 5.82 Å². The van der Waals surface area contributed by atoms with Gasteiger partial charge in [0.05, 0.1) is 17.1 Å². The van der Waals surface area contributed by atoms with Gasteiger partial charge in [0, 0.05) is 7.05 Å². The van der Waals surface area contributed by atoms with Crippen molar-refractivity contribution in [1.29, 1.82) is 0 Å².